The highest BCUT2D eigenvalue weighted by molar-refractivity contribution is 9.10. The summed E-state index contributed by atoms with van der Waals surface area (Å²) in [5.74, 6) is -0.379. The van der Waals surface area contributed by atoms with Crippen LogP contribution < -0.4 is 11.5 Å². The van der Waals surface area contributed by atoms with Crippen LogP contribution in [0.25, 0.3) is 0 Å². The number of carbonyl (C=O) groups is 1. The molecule has 0 aliphatic heterocycles. The van der Waals surface area contributed by atoms with E-state index in [1.54, 1.807) is 35.3 Å². The minimum Gasteiger partial charge on any atom is -0.398 e. The molecule has 0 unspecified atom stereocenters. The van der Waals surface area contributed by atoms with E-state index >= 15 is 0 Å². The lowest BCUT2D eigenvalue weighted by molar-refractivity contribution is -0.143. The van der Waals surface area contributed by atoms with Crippen molar-refractivity contribution in [1.29, 1.82) is 0 Å². The van der Waals surface area contributed by atoms with E-state index in [4.69, 9.17) is 16.3 Å². The van der Waals surface area contributed by atoms with Gasteiger partial charge in [0.1, 0.15) is 0 Å². The van der Waals surface area contributed by atoms with Gasteiger partial charge >= 0.3 is 5.97 Å². The number of nitrogens with two attached hydrogens (primary N) is 2. The minimum atomic E-state index is -0.490. The van der Waals surface area contributed by atoms with E-state index < -0.39 is 5.97 Å². The van der Waals surface area contributed by atoms with Gasteiger partial charge in [-0.05, 0) is 34.5 Å². The number of amidine groups is 1. The Bertz CT molecular complexity index is 711. The largest absolute Gasteiger partial charge is 0.398 e. The fourth-order valence-electron chi connectivity index (χ4n) is 1.79. The van der Waals surface area contributed by atoms with Crippen LogP contribution in [-0.4, -0.2) is 21.6 Å². The van der Waals surface area contributed by atoms with E-state index in [9.17, 15) is 4.79 Å². The van der Waals surface area contributed by atoms with Gasteiger partial charge in [-0.15, -0.1) is 0 Å². The highest BCUT2D eigenvalue weighted by Gasteiger charge is 2.08. The van der Waals surface area contributed by atoms with Crippen molar-refractivity contribution >= 4 is 33.4 Å². The number of rotatable bonds is 5. The number of halogens is 1. The normalized spacial score (nSPS) is 11.5. The summed E-state index contributed by atoms with van der Waals surface area (Å²) in [6, 6.07) is 5.29. The summed E-state index contributed by atoms with van der Waals surface area (Å²) in [5, 5.41) is 7.70. The molecule has 4 N–H and O–H groups in total. The number of aromatic nitrogens is 2. The van der Waals surface area contributed by atoms with Gasteiger partial charge in [0.15, 0.2) is 5.84 Å². The van der Waals surface area contributed by atoms with E-state index in [0.717, 1.165) is 10.0 Å². The summed E-state index contributed by atoms with van der Waals surface area (Å²) in [6.45, 7) is 2.22. The van der Waals surface area contributed by atoms with Crippen LogP contribution in [0.15, 0.2) is 40.2 Å². The van der Waals surface area contributed by atoms with Crippen LogP contribution >= 0.6 is 15.9 Å². The standard InChI is InChI=1S/C14H16BrN5O2/c1-9-11(3-2-4-12(9)16)14(17)19-22-13(21)5-6-20-8-10(15)7-18-20/h2-4,7-8H,5-6,16H2,1H3,(H2,17,19). The van der Waals surface area contributed by atoms with Crippen molar-refractivity contribution in [3.05, 3.63) is 46.2 Å². The van der Waals surface area contributed by atoms with Crippen LogP contribution in [0.2, 0.25) is 0 Å². The molecule has 0 fully saturated rings. The molecule has 0 atom stereocenters. The molecule has 1 aromatic carbocycles. The number of carbonyl (C=O) groups excluding carboxylic acids is 1. The number of nitrogens with zero attached hydrogens (tertiary/aromatic N) is 3. The summed E-state index contributed by atoms with van der Waals surface area (Å²) in [6.07, 6.45) is 3.55. The van der Waals surface area contributed by atoms with Crippen molar-refractivity contribution in [2.45, 2.75) is 19.9 Å². The molecule has 116 valence electrons. The SMILES string of the molecule is Cc1c(N)cccc1/C(N)=N/OC(=O)CCn1cc(Br)cn1. The molecular formula is C14H16BrN5O2. The van der Waals surface area contributed by atoms with Crippen molar-refractivity contribution in [3.8, 4) is 0 Å². The van der Waals surface area contributed by atoms with Crippen LogP contribution in [0, 0.1) is 6.92 Å². The van der Waals surface area contributed by atoms with Crippen LogP contribution in [-0.2, 0) is 16.2 Å². The Morgan fingerprint density at radius 2 is 2.27 bits per heavy atom. The second-order valence-electron chi connectivity index (χ2n) is 4.63. The molecule has 1 heterocycles. The van der Waals surface area contributed by atoms with E-state index in [1.165, 1.54) is 0 Å². The second kappa shape index (κ2) is 7.08. The van der Waals surface area contributed by atoms with Crippen LogP contribution in [0.1, 0.15) is 17.5 Å². The van der Waals surface area contributed by atoms with E-state index in [0.29, 0.717) is 17.8 Å². The average Bonchev–Trinajstić information content (AvgIpc) is 2.91. The maximum absolute atomic E-state index is 11.6. The van der Waals surface area contributed by atoms with Crippen LogP contribution in [0.3, 0.4) is 0 Å². The number of benzene rings is 1. The van der Waals surface area contributed by atoms with Crippen molar-refractivity contribution in [2.75, 3.05) is 5.73 Å². The zero-order valence-corrected chi connectivity index (χ0v) is 13.6. The summed E-state index contributed by atoms with van der Waals surface area (Å²) >= 11 is 3.28. The molecule has 0 radical (unpaired) electrons. The van der Waals surface area contributed by atoms with Gasteiger partial charge in [-0.1, -0.05) is 17.3 Å². The van der Waals surface area contributed by atoms with Gasteiger partial charge in [0.2, 0.25) is 0 Å². The van der Waals surface area contributed by atoms with E-state index in [1.807, 2.05) is 6.92 Å². The Kier molecular flexibility index (Phi) is 5.16. The molecule has 1 aromatic heterocycles. The lowest BCUT2D eigenvalue weighted by Crippen LogP contribution is -2.17. The van der Waals surface area contributed by atoms with Crippen LogP contribution in [0.4, 0.5) is 5.69 Å². The molecule has 7 nitrogen and oxygen atoms in total. The van der Waals surface area contributed by atoms with Crippen molar-refractivity contribution in [1.82, 2.24) is 9.78 Å². The van der Waals surface area contributed by atoms with E-state index in [-0.39, 0.29) is 12.3 Å². The zero-order valence-electron chi connectivity index (χ0n) is 12.0. The predicted octanol–water partition coefficient (Wildman–Crippen LogP) is 1.79. The first-order valence-electron chi connectivity index (χ1n) is 6.54. The summed E-state index contributed by atoms with van der Waals surface area (Å²) in [5.41, 5.74) is 13.7. The fraction of sp³-hybridized carbons (Fsp3) is 0.214. The first kappa shape index (κ1) is 16.0. The van der Waals surface area contributed by atoms with Gasteiger partial charge in [0.25, 0.3) is 0 Å². The van der Waals surface area contributed by atoms with Gasteiger partial charge in [-0.3, -0.25) is 4.68 Å². The summed E-state index contributed by atoms with van der Waals surface area (Å²) in [7, 11) is 0. The maximum atomic E-state index is 11.6. The Morgan fingerprint density at radius 3 is 2.95 bits per heavy atom. The lowest BCUT2D eigenvalue weighted by atomic mass is 10.1. The van der Waals surface area contributed by atoms with Crippen molar-refractivity contribution in [3.63, 3.8) is 0 Å². The molecule has 0 bridgehead atoms. The Morgan fingerprint density at radius 1 is 1.50 bits per heavy atom. The van der Waals surface area contributed by atoms with Gasteiger partial charge < -0.3 is 16.3 Å². The molecular weight excluding hydrogens is 350 g/mol. The minimum absolute atomic E-state index is 0.111. The highest BCUT2D eigenvalue weighted by atomic mass is 79.9. The molecule has 22 heavy (non-hydrogen) atoms. The number of hydrogen-bond acceptors (Lipinski definition) is 5. The Balaban J connectivity index is 1.92. The Labute approximate surface area is 136 Å². The topological polar surface area (TPSA) is 109 Å². The van der Waals surface area contributed by atoms with Gasteiger partial charge in [0, 0.05) is 17.4 Å². The summed E-state index contributed by atoms with van der Waals surface area (Å²) in [4.78, 5) is 16.5. The predicted molar refractivity (Wildman–Crippen MR) is 87.0 cm³/mol. The molecule has 0 aliphatic rings. The smallest absolute Gasteiger partial charge is 0.336 e. The zero-order chi connectivity index (χ0) is 16.1. The first-order valence-corrected chi connectivity index (χ1v) is 7.33. The van der Waals surface area contributed by atoms with Crippen LogP contribution in [0.5, 0.6) is 0 Å². The van der Waals surface area contributed by atoms with Gasteiger partial charge in [-0.2, -0.15) is 5.10 Å². The fourth-order valence-corrected chi connectivity index (χ4v) is 2.12. The highest BCUT2D eigenvalue weighted by Crippen LogP contribution is 2.15. The van der Waals surface area contributed by atoms with E-state index in [2.05, 4.69) is 26.2 Å². The third kappa shape index (κ3) is 4.08. The first-order chi connectivity index (χ1) is 10.5. The third-order valence-electron chi connectivity index (χ3n) is 3.04. The quantitative estimate of drug-likeness (QED) is 0.276. The number of anilines is 1. The molecule has 2 rings (SSSR count). The van der Waals surface area contributed by atoms with Crippen molar-refractivity contribution < 1.29 is 9.63 Å². The van der Waals surface area contributed by atoms with Gasteiger partial charge in [0.05, 0.1) is 23.6 Å². The molecule has 8 heteroatoms. The molecule has 0 saturated heterocycles. The molecule has 0 spiro atoms. The number of nitrogen functional groups attached to an aromatic ring is 1. The monoisotopic (exact) mass is 365 g/mol. The third-order valence-corrected chi connectivity index (χ3v) is 3.45. The second-order valence-corrected chi connectivity index (χ2v) is 5.55. The lowest BCUT2D eigenvalue weighted by Gasteiger charge is -2.07. The summed E-state index contributed by atoms with van der Waals surface area (Å²) < 4.78 is 2.47. The number of oxime groups is 1. The maximum Gasteiger partial charge on any atom is 0.336 e. The molecule has 0 amide bonds. The number of hydrogen-bond donors (Lipinski definition) is 2. The Hall–Kier alpha value is -2.35. The molecule has 0 aliphatic carbocycles. The average molecular weight is 366 g/mol. The molecule has 0 saturated carbocycles. The van der Waals surface area contributed by atoms with Gasteiger partial charge in [-0.25, -0.2) is 4.79 Å². The van der Waals surface area contributed by atoms with Crippen molar-refractivity contribution in [2.24, 2.45) is 10.9 Å². The molecule has 2 aromatic rings. The number of aryl methyl sites for hydroxylation is 1.